The number of aliphatic hydroxyl groups excluding tert-OH is 1. The van der Waals surface area contributed by atoms with Gasteiger partial charge < -0.3 is 10.0 Å². The van der Waals surface area contributed by atoms with Gasteiger partial charge in [-0.15, -0.1) is 0 Å². The molecule has 1 N–H and O–H groups in total. The maximum atomic E-state index is 9.88. The van der Waals surface area contributed by atoms with Crippen molar-refractivity contribution in [3.05, 3.63) is 11.5 Å². The lowest BCUT2D eigenvalue weighted by atomic mass is 10.1. The molecule has 0 aliphatic carbocycles. The summed E-state index contributed by atoms with van der Waals surface area (Å²) in [5.74, 6) is 0.588. The fourth-order valence-electron chi connectivity index (χ4n) is 1.46. The molecule has 0 spiro atoms. The van der Waals surface area contributed by atoms with Gasteiger partial charge in [0.1, 0.15) is 5.76 Å². The maximum absolute atomic E-state index is 9.88. The average molecular weight is 199 g/mol. The van der Waals surface area contributed by atoms with Crippen LogP contribution in [0.2, 0.25) is 0 Å². The molecule has 0 radical (unpaired) electrons. The van der Waals surface area contributed by atoms with Gasteiger partial charge in [0.2, 0.25) is 0 Å². The zero-order valence-corrected chi connectivity index (χ0v) is 10.1. The van der Waals surface area contributed by atoms with E-state index in [-0.39, 0.29) is 0 Å². The quantitative estimate of drug-likeness (QED) is 0.632. The van der Waals surface area contributed by atoms with Gasteiger partial charge in [-0.3, -0.25) is 0 Å². The first-order valence-corrected chi connectivity index (χ1v) is 5.71. The molecule has 0 aliphatic rings. The zero-order chi connectivity index (χ0) is 11.0. The Morgan fingerprint density at radius 3 is 1.93 bits per heavy atom. The van der Waals surface area contributed by atoms with Crippen molar-refractivity contribution in [1.82, 2.24) is 4.90 Å². The Balaban J connectivity index is 4.26. The van der Waals surface area contributed by atoms with E-state index in [2.05, 4.69) is 13.8 Å². The summed E-state index contributed by atoms with van der Waals surface area (Å²) in [6.45, 7) is 4.32. The van der Waals surface area contributed by atoms with E-state index < -0.39 is 0 Å². The fraction of sp³-hybridized carbons (Fsp3) is 0.833. The van der Waals surface area contributed by atoms with Crippen molar-refractivity contribution < 1.29 is 5.11 Å². The number of nitrogens with zero attached hydrogens (tertiary/aromatic N) is 1. The van der Waals surface area contributed by atoms with Gasteiger partial charge in [0.15, 0.2) is 0 Å². The van der Waals surface area contributed by atoms with E-state index in [4.69, 9.17) is 0 Å². The van der Waals surface area contributed by atoms with Gasteiger partial charge in [0.05, 0.1) is 5.70 Å². The highest BCUT2D eigenvalue weighted by atomic mass is 16.3. The monoisotopic (exact) mass is 199 g/mol. The second-order valence-corrected chi connectivity index (χ2v) is 3.99. The number of hydrogen-bond donors (Lipinski definition) is 1. The van der Waals surface area contributed by atoms with Crippen LogP contribution < -0.4 is 0 Å². The van der Waals surface area contributed by atoms with Crippen LogP contribution in [0.1, 0.15) is 52.4 Å². The van der Waals surface area contributed by atoms with Crippen LogP contribution in [0.15, 0.2) is 11.5 Å². The molecule has 0 saturated carbocycles. The number of unbranched alkanes of at least 4 members (excludes halogenated alkanes) is 2. The molecule has 0 atom stereocenters. The highest BCUT2D eigenvalue weighted by Gasteiger charge is 2.06. The highest BCUT2D eigenvalue weighted by molar-refractivity contribution is 5.05. The van der Waals surface area contributed by atoms with Crippen molar-refractivity contribution >= 4 is 0 Å². The minimum atomic E-state index is 0.588. The molecule has 0 unspecified atom stereocenters. The summed E-state index contributed by atoms with van der Waals surface area (Å²) >= 11 is 0. The predicted octanol–water partition coefficient (Wildman–Crippen LogP) is 3.70. The predicted molar refractivity (Wildman–Crippen MR) is 62.4 cm³/mol. The van der Waals surface area contributed by atoms with Gasteiger partial charge in [-0.05, 0) is 19.3 Å². The standard InChI is InChI=1S/C12H25NO/c1-5-7-9-11(13(3)4)12(14)10-8-6-2/h14H,5-10H2,1-4H3/b12-11-. The Morgan fingerprint density at radius 1 is 1.00 bits per heavy atom. The SMILES string of the molecule is CCCC/C(O)=C(\CCCC)N(C)C. The second kappa shape index (κ2) is 7.72. The number of allylic oxidation sites excluding steroid dienone is 2. The van der Waals surface area contributed by atoms with E-state index in [0.717, 1.165) is 37.8 Å². The highest BCUT2D eigenvalue weighted by Crippen LogP contribution is 2.17. The van der Waals surface area contributed by atoms with Crippen LogP contribution in [-0.2, 0) is 0 Å². The molecule has 0 rings (SSSR count). The van der Waals surface area contributed by atoms with Crippen molar-refractivity contribution in [1.29, 1.82) is 0 Å². The van der Waals surface area contributed by atoms with E-state index >= 15 is 0 Å². The van der Waals surface area contributed by atoms with Gasteiger partial charge in [0, 0.05) is 20.5 Å². The van der Waals surface area contributed by atoms with E-state index in [9.17, 15) is 5.11 Å². The van der Waals surface area contributed by atoms with Crippen LogP contribution in [0.3, 0.4) is 0 Å². The molecule has 0 bridgehead atoms. The minimum Gasteiger partial charge on any atom is -0.511 e. The summed E-state index contributed by atoms with van der Waals surface area (Å²) < 4.78 is 0. The lowest BCUT2D eigenvalue weighted by molar-refractivity contribution is 0.336. The fourth-order valence-corrected chi connectivity index (χ4v) is 1.46. The second-order valence-electron chi connectivity index (χ2n) is 3.99. The summed E-state index contributed by atoms with van der Waals surface area (Å²) in [5.41, 5.74) is 1.11. The van der Waals surface area contributed by atoms with Gasteiger partial charge in [-0.1, -0.05) is 26.7 Å². The maximum Gasteiger partial charge on any atom is 0.111 e. The normalized spacial score (nSPS) is 12.6. The van der Waals surface area contributed by atoms with Crippen molar-refractivity contribution in [2.75, 3.05) is 14.1 Å². The molecule has 0 aromatic rings. The van der Waals surface area contributed by atoms with Crippen LogP contribution in [0, 0.1) is 0 Å². The van der Waals surface area contributed by atoms with Crippen LogP contribution in [0.25, 0.3) is 0 Å². The molecule has 0 amide bonds. The summed E-state index contributed by atoms with van der Waals surface area (Å²) in [4.78, 5) is 2.04. The van der Waals surface area contributed by atoms with Crippen LogP contribution in [0.4, 0.5) is 0 Å². The summed E-state index contributed by atoms with van der Waals surface area (Å²) in [6, 6.07) is 0. The van der Waals surface area contributed by atoms with Gasteiger partial charge in [-0.25, -0.2) is 0 Å². The molecular weight excluding hydrogens is 174 g/mol. The first-order valence-electron chi connectivity index (χ1n) is 5.71. The van der Waals surface area contributed by atoms with E-state index in [1.54, 1.807) is 0 Å². The lowest BCUT2D eigenvalue weighted by Crippen LogP contribution is -2.14. The molecule has 84 valence electrons. The summed E-state index contributed by atoms with van der Waals surface area (Å²) in [5, 5.41) is 9.88. The third-order valence-electron chi connectivity index (χ3n) is 2.41. The number of aliphatic hydroxyl groups is 1. The topological polar surface area (TPSA) is 23.5 Å². The third-order valence-corrected chi connectivity index (χ3v) is 2.41. The Hall–Kier alpha value is -0.660. The average Bonchev–Trinajstić information content (AvgIpc) is 2.14. The van der Waals surface area contributed by atoms with Crippen molar-refractivity contribution in [3.63, 3.8) is 0 Å². The van der Waals surface area contributed by atoms with Crippen molar-refractivity contribution in [3.8, 4) is 0 Å². The van der Waals surface area contributed by atoms with E-state index in [0.29, 0.717) is 5.76 Å². The van der Waals surface area contributed by atoms with Crippen LogP contribution in [-0.4, -0.2) is 24.1 Å². The minimum absolute atomic E-state index is 0.588. The lowest BCUT2D eigenvalue weighted by Gasteiger charge is -2.19. The Morgan fingerprint density at radius 2 is 1.50 bits per heavy atom. The molecular formula is C12H25NO. The van der Waals surface area contributed by atoms with Crippen LogP contribution in [0.5, 0.6) is 0 Å². The first-order chi connectivity index (χ1) is 6.63. The van der Waals surface area contributed by atoms with Crippen molar-refractivity contribution in [2.24, 2.45) is 0 Å². The molecule has 14 heavy (non-hydrogen) atoms. The zero-order valence-electron chi connectivity index (χ0n) is 10.1. The van der Waals surface area contributed by atoms with Gasteiger partial charge >= 0.3 is 0 Å². The molecule has 0 aromatic heterocycles. The van der Waals surface area contributed by atoms with Crippen molar-refractivity contribution in [2.45, 2.75) is 52.4 Å². The van der Waals surface area contributed by atoms with E-state index in [1.807, 2.05) is 19.0 Å². The molecule has 0 heterocycles. The first kappa shape index (κ1) is 13.3. The summed E-state index contributed by atoms with van der Waals surface area (Å²) in [7, 11) is 4.01. The Labute approximate surface area is 88.6 Å². The Kier molecular flexibility index (Phi) is 7.35. The smallest absolute Gasteiger partial charge is 0.111 e. The molecule has 0 saturated heterocycles. The molecule has 0 fully saturated rings. The van der Waals surface area contributed by atoms with Gasteiger partial charge in [0.25, 0.3) is 0 Å². The molecule has 0 aromatic carbocycles. The number of hydrogen-bond acceptors (Lipinski definition) is 2. The van der Waals surface area contributed by atoms with Gasteiger partial charge in [-0.2, -0.15) is 0 Å². The largest absolute Gasteiger partial charge is 0.511 e. The summed E-state index contributed by atoms with van der Waals surface area (Å²) in [6.07, 6.45) is 6.38. The molecule has 2 nitrogen and oxygen atoms in total. The Bertz CT molecular complexity index is 173. The molecule has 0 aliphatic heterocycles. The number of rotatable bonds is 7. The third kappa shape index (κ3) is 5.15. The molecule has 2 heteroatoms. The van der Waals surface area contributed by atoms with E-state index in [1.165, 1.54) is 6.42 Å². The van der Waals surface area contributed by atoms with Crippen LogP contribution >= 0.6 is 0 Å².